The van der Waals surface area contributed by atoms with Gasteiger partial charge in [-0.1, -0.05) is 6.42 Å². The lowest BCUT2D eigenvalue weighted by Crippen LogP contribution is -2.46. The molecule has 1 fully saturated rings. The van der Waals surface area contributed by atoms with Crippen LogP contribution in [0.3, 0.4) is 0 Å². The summed E-state index contributed by atoms with van der Waals surface area (Å²) in [6.07, 6.45) is 2.93. The summed E-state index contributed by atoms with van der Waals surface area (Å²) in [5, 5.41) is 13.0. The molecule has 0 spiro atoms. The molecule has 1 saturated carbocycles. The topological polar surface area (TPSA) is 60.0 Å². The van der Waals surface area contributed by atoms with E-state index in [1.54, 1.807) is 6.92 Å². The Kier molecular flexibility index (Phi) is 7.82. The SMILES string of the molecule is CC(C)NC(Oc1ccc(OCCOCC2CCC2)cc1)C(C)O. The number of aliphatic hydroxyl groups is 1. The highest BCUT2D eigenvalue weighted by molar-refractivity contribution is 5.31. The molecule has 1 aromatic rings. The molecule has 136 valence electrons. The Morgan fingerprint density at radius 2 is 1.75 bits per heavy atom. The van der Waals surface area contributed by atoms with E-state index in [0.29, 0.717) is 19.0 Å². The van der Waals surface area contributed by atoms with Crippen LogP contribution in [0, 0.1) is 5.92 Å². The third kappa shape index (κ3) is 6.67. The quantitative estimate of drug-likeness (QED) is 0.480. The van der Waals surface area contributed by atoms with Gasteiger partial charge < -0.3 is 19.3 Å². The van der Waals surface area contributed by atoms with Crippen LogP contribution in [0.4, 0.5) is 0 Å². The van der Waals surface area contributed by atoms with Gasteiger partial charge in [0.1, 0.15) is 24.2 Å². The molecule has 0 aromatic heterocycles. The average molecular weight is 337 g/mol. The first-order valence-corrected chi connectivity index (χ1v) is 8.96. The predicted molar refractivity (Wildman–Crippen MR) is 94.5 cm³/mol. The van der Waals surface area contributed by atoms with E-state index < -0.39 is 12.3 Å². The van der Waals surface area contributed by atoms with E-state index in [9.17, 15) is 5.11 Å². The molecule has 0 heterocycles. The molecule has 2 atom stereocenters. The molecular formula is C19H31NO4. The molecule has 0 saturated heterocycles. The zero-order chi connectivity index (χ0) is 17.4. The Labute approximate surface area is 145 Å². The van der Waals surface area contributed by atoms with Crippen molar-refractivity contribution in [1.29, 1.82) is 0 Å². The minimum Gasteiger partial charge on any atom is -0.491 e. The summed E-state index contributed by atoms with van der Waals surface area (Å²) in [6, 6.07) is 7.67. The third-order valence-electron chi connectivity index (χ3n) is 4.10. The predicted octanol–water partition coefficient (Wildman–Crippen LogP) is 2.97. The van der Waals surface area contributed by atoms with Gasteiger partial charge in [-0.25, -0.2) is 0 Å². The number of benzene rings is 1. The van der Waals surface area contributed by atoms with E-state index in [4.69, 9.17) is 14.2 Å². The fraction of sp³-hybridized carbons (Fsp3) is 0.684. The van der Waals surface area contributed by atoms with Gasteiger partial charge in [0.15, 0.2) is 6.23 Å². The summed E-state index contributed by atoms with van der Waals surface area (Å²) in [5.41, 5.74) is 0. The number of rotatable bonds is 11. The van der Waals surface area contributed by atoms with Crippen molar-refractivity contribution in [2.45, 2.75) is 58.4 Å². The van der Waals surface area contributed by atoms with Crippen LogP contribution in [0.25, 0.3) is 0 Å². The van der Waals surface area contributed by atoms with Gasteiger partial charge in [-0.15, -0.1) is 0 Å². The van der Waals surface area contributed by atoms with Crippen LogP contribution < -0.4 is 14.8 Å². The Morgan fingerprint density at radius 1 is 1.08 bits per heavy atom. The highest BCUT2D eigenvalue weighted by atomic mass is 16.5. The Morgan fingerprint density at radius 3 is 2.29 bits per heavy atom. The number of aliphatic hydroxyl groups excluding tert-OH is 1. The van der Waals surface area contributed by atoms with Crippen molar-refractivity contribution >= 4 is 0 Å². The van der Waals surface area contributed by atoms with Crippen molar-refractivity contribution in [2.24, 2.45) is 5.92 Å². The van der Waals surface area contributed by atoms with Gasteiger partial charge in [-0.2, -0.15) is 0 Å². The second-order valence-corrected chi connectivity index (χ2v) is 6.79. The van der Waals surface area contributed by atoms with E-state index in [1.165, 1.54) is 19.3 Å². The van der Waals surface area contributed by atoms with Crippen molar-refractivity contribution in [3.63, 3.8) is 0 Å². The van der Waals surface area contributed by atoms with E-state index in [1.807, 2.05) is 38.1 Å². The fourth-order valence-corrected chi connectivity index (χ4v) is 2.49. The molecule has 5 heteroatoms. The number of nitrogens with one attached hydrogen (secondary N) is 1. The molecule has 0 aliphatic heterocycles. The zero-order valence-electron chi connectivity index (χ0n) is 15.0. The van der Waals surface area contributed by atoms with Crippen LogP contribution in [0.1, 0.15) is 40.0 Å². The van der Waals surface area contributed by atoms with Crippen LogP contribution in [0.2, 0.25) is 0 Å². The molecule has 1 aliphatic carbocycles. The van der Waals surface area contributed by atoms with Crippen LogP contribution in [0.15, 0.2) is 24.3 Å². The van der Waals surface area contributed by atoms with Gasteiger partial charge in [0.05, 0.1) is 6.61 Å². The lowest BCUT2D eigenvalue weighted by molar-refractivity contribution is 0.0217. The maximum absolute atomic E-state index is 9.78. The number of ether oxygens (including phenoxy) is 3. The minimum atomic E-state index is -0.601. The summed E-state index contributed by atoms with van der Waals surface area (Å²) in [5.74, 6) is 2.25. The second kappa shape index (κ2) is 9.87. The summed E-state index contributed by atoms with van der Waals surface area (Å²) >= 11 is 0. The summed E-state index contributed by atoms with van der Waals surface area (Å²) in [6.45, 7) is 7.78. The Bertz CT molecular complexity index is 457. The van der Waals surface area contributed by atoms with Crippen LogP contribution in [-0.2, 0) is 4.74 Å². The molecular weight excluding hydrogens is 306 g/mol. The van der Waals surface area contributed by atoms with Crippen LogP contribution >= 0.6 is 0 Å². The third-order valence-corrected chi connectivity index (χ3v) is 4.10. The molecule has 24 heavy (non-hydrogen) atoms. The Balaban J connectivity index is 1.69. The van der Waals surface area contributed by atoms with Crippen LogP contribution in [0.5, 0.6) is 11.5 Å². The minimum absolute atomic E-state index is 0.229. The molecule has 5 nitrogen and oxygen atoms in total. The average Bonchev–Trinajstić information content (AvgIpc) is 2.49. The van der Waals surface area contributed by atoms with Gasteiger partial charge in [0, 0.05) is 12.6 Å². The van der Waals surface area contributed by atoms with E-state index >= 15 is 0 Å². The molecule has 1 aromatic carbocycles. The first kappa shape index (κ1) is 19.0. The van der Waals surface area contributed by atoms with E-state index in [-0.39, 0.29) is 6.04 Å². The smallest absolute Gasteiger partial charge is 0.176 e. The van der Waals surface area contributed by atoms with Crippen LogP contribution in [-0.4, -0.2) is 43.3 Å². The first-order valence-electron chi connectivity index (χ1n) is 8.96. The normalized spacial score (nSPS) is 17.4. The maximum Gasteiger partial charge on any atom is 0.176 e. The van der Waals surface area contributed by atoms with Gasteiger partial charge >= 0.3 is 0 Å². The fourth-order valence-electron chi connectivity index (χ4n) is 2.49. The molecule has 2 unspecified atom stereocenters. The van der Waals surface area contributed by atoms with Crippen molar-refractivity contribution in [2.75, 3.05) is 19.8 Å². The lowest BCUT2D eigenvalue weighted by atomic mass is 9.86. The molecule has 2 rings (SSSR count). The summed E-state index contributed by atoms with van der Waals surface area (Å²) in [4.78, 5) is 0. The molecule has 0 radical (unpaired) electrons. The highest BCUT2D eigenvalue weighted by Crippen LogP contribution is 2.26. The zero-order valence-corrected chi connectivity index (χ0v) is 15.0. The molecule has 0 amide bonds. The molecule has 1 aliphatic rings. The number of hydrogen-bond donors (Lipinski definition) is 2. The van der Waals surface area contributed by atoms with Gasteiger partial charge in [-0.05, 0) is 63.8 Å². The highest BCUT2D eigenvalue weighted by Gasteiger charge is 2.18. The largest absolute Gasteiger partial charge is 0.491 e. The van der Waals surface area contributed by atoms with Crippen molar-refractivity contribution in [3.05, 3.63) is 24.3 Å². The summed E-state index contributed by atoms with van der Waals surface area (Å²) < 4.78 is 17.1. The standard InChI is InChI=1S/C19H31NO4/c1-14(2)20-19(15(3)21)24-18-9-7-17(8-10-18)23-12-11-22-13-16-5-4-6-16/h7-10,14-16,19-21H,4-6,11-13H2,1-3H3. The van der Waals surface area contributed by atoms with Gasteiger partial charge in [-0.3, -0.25) is 5.32 Å². The number of hydrogen-bond acceptors (Lipinski definition) is 5. The van der Waals surface area contributed by atoms with E-state index in [0.717, 1.165) is 18.3 Å². The molecule has 2 N–H and O–H groups in total. The monoisotopic (exact) mass is 337 g/mol. The van der Waals surface area contributed by atoms with Crippen molar-refractivity contribution in [3.8, 4) is 11.5 Å². The lowest BCUT2D eigenvalue weighted by Gasteiger charge is -2.25. The Hall–Kier alpha value is -1.30. The molecule has 0 bridgehead atoms. The van der Waals surface area contributed by atoms with Crippen molar-refractivity contribution in [1.82, 2.24) is 5.32 Å². The van der Waals surface area contributed by atoms with Crippen molar-refractivity contribution < 1.29 is 19.3 Å². The van der Waals surface area contributed by atoms with E-state index in [2.05, 4.69) is 5.32 Å². The van der Waals surface area contributed by atoms with Gasteiger partial charge in [0.25, 0.3) is 0 Å². The van der Waals surface area contributed by atoms with Gasteiger partial charge in [0.2, 0.25) is 0 Å². The second-order valence-electron chi connectivity index (χ2n) is 6.79. The maximum atomic E-state index is 9.78. The summed E-state index contributed by atoms with van der Waals surface area (Å²) in [7, 11) is 0. The first-order chi connectivity index (χ1) is 11.5.